The standard InChI is InChI=1S/C10H13N5/c11-6-15(14-13)10-4-8(7-1-2-7)3-9(12)5-10/h3-7,11,13H,1-2,12H2/p+1. The summed E-state index contributed by atoms with van der Waals surface area (Å²) in [6, 6.07) is 5.71. The van der Waals surface area contributed by atoms with Crippen molar-refractivity contribution in [3.8, 4) is 0 Å². The Morgan fingerprint density at radius 3 is 2.67 bits per heavy atom. The molecule has 1 aliphatic rings. The molecule has 0 atom stereocenters. The van der Waals surface area contributed by atoms with Crippen LogP contribution in [0, 0.1) is 5.41 Å². The molecular weight excluding hydrogens is 190 g/mol. The number of nitrogens with zero attached hydrogens (tertiary/aromatic N) is 2. The van der Waals surface area contributed by atoms with E-state index in [0.29, 0.717) is 11.6 Å². The van der Waals surface area contributed by atoms with E-state index in [2.05, 4.69) is 5.22 Å². The highest BCUT2D eigenvalue weighted by molar-refractivity contribution is 5.55. The molecule has 2 rings (SSSR count). The van der Waals surface area contributed by atoms with Gasteiger partial charge in [-0.05, 0) is 36.5 Å². The number of anilines is 1. The summed E-state index contributed by atoms with van der Waals surface area (Å²) in [6.07, 6.45) is 3.49. The first-order chi connectivity index (χ1) is 7.24. The lowest BCUT2D eigenvalue weighted by Crippen LogP contribution is -2.03. The lowest BCUT2D eigenvalue weighted by molar-refractivity contribution is -0.384. The molecule has 0 aromatic heterocycles. The fourth-order valence-corrected chi connectivity index (χ4v) is 1.62. The number of nitrogen functional groups attached to an aromatic ring is 1. The minimum atomic E-state index is 0.623. The normalized spacial score (nSPS) is 16.4. The Balaban J connectivity index is 2.42. The van der Waals surface area contributed by atoms with Crippen molar-refractivity contribution in [1.82, 2.24) is 0 Å². The van der Waals surface area contributed by atoms with Gasteiger partial charge in [0.15, 0.2) is 0 Å². The second kappa shape index (κ2) is 3.68. The van der Waals surface area contributed by atoms with E-state index in [0.717, 1.165) is 12.0 Å². The molecule has 0 saturated heterocycles. The topological polar surface area (TPSA) is 91.3 Å². The molecule has 78 valence electrons. The summed E-state index contributed by atoms with van der Waals surface area (Å²) >= 11 is 0. The monoisotopic (exact) mass is 204 g/mol. The second-order valence-corrected chi connectivity index (χ2v) is 3.72. The summed E-state index contributed by atoms with van der Waals surface area (Å²) in [5.74, 6) is 5.79. The molecule has 1 fully saturated rings. The van der Waals surface area contributed by atoms with Crippen LogP contribution < -0.4 is 11.6 Å². The fourth-order valence-electron chi connectivity index (χ4n) is 1.62. The fraction of sp³-hybridized carbons (Fsp3) is 0.300. The highest BCUT2D eigenvalue weighted by atomic mass is 15.4. The van der Waals surface area contributed by atoms with Crippen LogP contribution in [0.1, 0.15) is 24.3 Å². The van der Waals surface area contributed by atoms with Crippen LogP contribution in [0.2, 0.25) is 0 Å². The number of benzene rings is 1. The molecule has 0 aliphatic heterocycles. The van der Waals surface area contributed by atoms with Gasteiger partial charge in [-0.25, -0.2) is 5.84 Å². The molecule has 0 bridgehead atoms. The van der Waals surface area contributed by atoms with Gasteiger partial charge >= 0.3 is 0 Å². The number of nitrogens with one attached hydrogen (secondary N) is 1. The summed E-state index contributed by atoms with van der Waals surface area (Å²) in [5.41, 5.74) is 8.43. The Morgan fingerprint density at radius 2 is 2.13 bits per heavy atom. The minimum absolute atomic E-state index is 0.623. The van der Waals surface area contributed by atoms with E-state index >= 15 is 0 Å². The van der Waals surface area contributed by atoms with Crippen LogP contribution in [0.25, 0.3) is 0 Å². The molecule has 0 heterocycles. The van der Waals surface area contributed by atoms with Crippen molar-refractivity contribution in [3.63, 3.8) is 0 Å². The zero-order chi connectivity index (χ0) is 10.8. The Hall–Kier alpha value is -1.91. The van der Waals surface area contributed by atoms with Crippen LogP contribution in [0.4, 0.5) is 11.4 Å². The van der Waals surface area contributed by atoms with Crippen molar-refractivity contribution in [1.29, 1.82) is 5.41 Å². The first-order valence-electron chi connectivity index (χ1n) is 4.85. The smallest absolute Gasteiger partial charge is 0.241 e. The molecule has 5 heteroatoms. The number of rotatable bonds is 3. The maximum Gasteiger partial charge on any atom is 0.241 e. The molecule has 0 amide bonds. The molecule has 1 aliphatic carbocycles. The van der Waals surface area contributed by atoms with Gasteiger partial charge < -0.3 is 5.73 Å². The third-order valence-electron chi connectivity index (χ3n) is 2.52. The van der Waals surface area contributed by atoms with E-state index in [1.54, 1.807) is 6.07 Å². The third-order valence-corrected chi connectivity index (χ3v) is 2.52. The average Bonchev–Trinajstić information content (AvgIpc) is 3.02. The van der Waals surface area contributed by atoms with Crippen LogP contribution in [0.5, 0.6) is 0 Å². The van der Waals surface area contributed by atoms with Crippen LogP contribution in [0.15, 0.2) is 23.4 Å². The molecule has 0 spiro atoms. The number of nitrogens with two attached hydrogens (primary N) is 2. The van der Waals surface area contributed by atoms with E-state index in [-0.39, 0.29) is 0 Å². The average molecular weight is 204 g/mol. The van der Waals surface area contributed by atoms with Gasteiger partial charge in [0.05, 0.1) is 0 Å². The van der Waals surface area contributed by atoms with Crippen LogP contribution in [-0.2, 0) is 0 Å². The molecule has 5 N–H and O–H groups in total. The van der Waals surface area contributed by atoms with E-state index < -0.39 is 0 Å². The van der Waals surface area contributed by atoms with Crippen LogP contribution in [0.3, 0.4) is 0 Å². The molecular formula is C10H14N5+. The van der Waals surface area contributed by atoms with Crippen molar-refractivity contribution >= 4 is 17.7 Å². The van der Waals surface area contributed by atoms with E-state index in [9.17, 15) is 0 Å². The lowest BCUT2D eigenvalue weighted by Gasteiger charge is -2.04. The van der Waals surface area contributed by atoms with Gasteiger partial charge in [0.25, 0.3) is 0 Å². The van der Waals surface area contributed by atoms with Gasteiger partial charge in [-0.2, -0.15) is 5.41 Å². The van der Waals surface area contributed by atoms with Crippen molar-refractivity contribution in [2.75, 3.05) is 5.73 Å². The molecule has 1 aromatic rings. The van der Waals surface area contributed by atoms with Crippen molar-refractivity contribution in [3.05, 3.63) is 23.8 Å². The SMILES string of the molecule is N=C[N+](=NN)c1cc(N)cc(C2CC2)c1. The first-order valence-corrected chi connectivity index (χ1v) is 4.85. The molecule has 5 nitrogen and oxygen atoms in total. The molecule has 1 aromatic carbocycles. The van der Waals surface area contributed by atoms with Gasteiger partial charge in [-0.1, -0.05) is 0 Å². The maximum absolute atomic E-state index is 7.15. The quantitative estimate of drug-likeness (QED) is 0.133. The number of hydrogen-bond donors (Lipinski definition) is 3. The van der Waals surface area contributed by atoms with E-state index in [4.69, 9.17) is 17.0 Å². The largest absolute Gasteiger partial charge is 0.399 e. The van der Waals surface area contributed by atoms with Gasteiger partial charge in [0.1, 0.15) is 5.69 Å². The summed E-state index contributed by atoms with van der Waals surface area (Å²) < 4.78 is 1.29. The Bertz CT molecular complexity index is 420. The number of hydrogen-bond acceptors (Lipinski definition) is 3. The second-order valence-electron chi connectivity index (χ2n) is 3.72. The highest BCUT2D eigenvalue weighted by Crippen LogP contribution is 2.41. The van der Waals surface area contributed by atoms with Crippen molar-refractivity contribution in [2.45, 2.75) is 18.8 Å². The first kappa shape index (κ1) is 9.64. The maximum atomic E-state index is 7.15. The van der Waals surface area contributed by atoms with E-state index in [1.807, 2.05) is 12.1 Å². The summed E-state index contributed by atoms with van der Waals surface area (Å²) in [7, 11) is 0. The third kappa shape index (κ3) is 1.96. The van der Waals surface area contributed by atoms with Gasteiger partial charge in [0, 0.05) is 17.0 Å². The molecule has 15 heavy (non-hydrogen) atoms. The van der Waals surface area contributed by atoms with E-state index in [1.165, 1.54) is 23.1 Å². The lowest BCUT2D eigenvalue weighted by atomic mass is 10.1. The zero-order valence-corrected chi connectivity index (χ0v) is 8.35. The predicted octanol–water partition coefficient (Wildman–Crippen LogP) is 1.72. The summed E-state index contributed by atoms with van der Waals surface area (Å²) in [4.78, 5) is 0. The molecule has 0 radical (unpaired) electrons. The predicted molar refractivity (Wildman–Crippen MR) is 58.1 cm³/mol. The van der Waals surface area contributed by atoms with Crippen molar-refractivity contribution < 1.29 is 4.70 Å². The highest BCUT2D eigenvalue weighted by Gasteiger charge is 2.24. The molecule has 1 saturated carbocycles. The van der Waals surface area contributed by atoms with Crippen LogP contribution >= 0.6 is 0 Å². The van der Waals surface area contributed by atoms with Gasteiger partial charge in [0.2, 0.25) is 6.34 Å². The summed E-state index contributed by atoms with van der Waals surface area (Å²) in [5, 5.41) is 10.6. The van der Waals surface area contributed by atoms with Crippen molar-refractivity contribution in [2.24, 2.45) is 11.1 Å². The minimum Gasteiger partial charge on any atom is -0.399 e. The van der Waals surface area contributed by atoms with Crippen LogP contribution in [-0.4, -0.2) is 11.0 Å². The Kier molecular flexibility index (Phi) is 2.37. The Morgan fingerprint density at radius 1 is 1.40 bits per heavy atom. The van der Waals surface area contributed by atoms with Gasteiger partial charge in [-0.15, -0.1) is 4.70 Å². The molecule has 0 unspecified atom stereocenters. The Labute approximate surface area is 87.9 Å². The van der Waals surface area contributed by atoms with Gasteiger partial charge in [-0.3, -0.25) is 0 Å². The summed E-state index contributed by atoms with van der Waals surface area (Å²) in [6.45, 7) is 0. The zero-order valence-electron chi connectivity index (χ0n) is 8.35.